The molecular weight excluding hydrogens is 446 g/mol. The Balaban J connectivity index is 1.90. The smallest absolute Gasteiger partial charge is 0.268 e. The molecule has 1 aromatic heterocycles. The maximum Gasteiger partial charge on any atom is 0.268 e. The van der Waals surface area contributed by atoms with Crippen molar-refractivity contribution in [2.24, 2.45) is 0 Å². The predicted molar refractivity (Wildman–Crippen MR) is 103 cm³/mol. The van der Waals surface area contributed by atoms with Crippen molar-refractivity contribution in [1.82, 2.24) is 10.3 Å². The molecule has 0 unspecified atom stereocenters. The van der Waals surface area contributed by atoms with E-state index in [1.165, 1.54) is 6.42 Å². The first-order chi connectivity index (χ1) is 11.0. The molecule has 0 atom stereocenters. The molecule has 3 nitrogen and oxygen atoms in total. The first-order valence-corrected chi connectivity index (χ1v) is 9.29. The molecule has 3 rings (SSSR count). The quantitative estimate of drug-likeness (QED) is 0.463. The summed E-state index contributed by atoms with van der Waals surface area (Å²) in [7, 11) is 0. The summed E-state index contributed by atoms with van der Waals surface area (Å²) in [6, 6.07) is 5.20. The molecule has 0 spiro atoms. The Bertz CT molecular complexity index is 813. The zero-order valence-corrected chi connectivity index (χ0v) is 16.0. The van der Waals surface area contributed by atoms with Gasteiger partial charge < -0.3 is 10.3 Å². The molecule has 1 amide bonds. The molecule has 1 aliphatic rings. The summed E-state index contributed by atoms with van der Waals surface area (Å²) in [4.78, 5) is 15.8. The molecule has 2 aromatic rings. The number of carbonyl (C=O) groups excluding carboxylic acids is 1. The zero-order chi connectivity index (χ0) is 16.4. The summed E-state index contributed by atoms with van der Waals surface area (Å²) in [6.07, 6.45) is 5.14. The highest BCUT2D eigenvalue weighted by molar-refractivity contribution is 14.1. The molecule has 1 fully saturated rings. The van der Waals surface area contributed by atoms with Crippen LogP contribution in [0.15, 0.2) is 18.2 Å². The second kappa shape index (κ2) is 6.92. The van der Waals surface area contributed by atoms with E-state index in [0.717, 1.165) is 36.6 Å². The van der Waals surface area contributed by atoms with E-state index in [2.05, 4.69) is 20.1 Å². The van der Waals surface area contributed by atoms with Crippen LogP contribution in [-0.2, 0) is 0 Å². The molecular formula is C17H15Cl2IN2O. The van der Waals surface area contributed by atoms with E-state index in [9.17, 15) is 4.79 Å². The highest BCUT2D eigenvalue weighted by atomic mass is 127. The Labute approximate surface area is 158 Å². The van der Waals surface area contributed by atoms with Gasteiger partial charge in [0.1, 0.15) is 11.2 Å². The van der Waals surface area contributed by atoms with Crippen LogP contribution in [-0.4, -0.2) is 16.4 Å². The average Bonchev–Trinajstić information content (AvgIpc) is 2.92. The normalized spacial score (nSPS) is 16.7. The Hall–Kier alpha value is -0.900. The third-order valence-electron chi connectivity index (χ3n) is 4.24. The Morgan fingerprint density at radius 1 is 1.22 bits per heavy atom. The van der Waals surface area contributed by atoms with Gasteiger partial charge in [-0.1, -0.05) is 48.4 Å². The first-order valence-electron chi connectivity index (χ1n) is 7.46. The topological polar surface area (TPSA) is 44.9 Å². The summed E-state index contributed by atoms with van der Waals surface area (Å²) in [6.45, 7) is 0. The molecule has 0 aliphatic heterocycles. The van der Waals surface area contributed by atoms with Crippen LogP contribution in [0.5, 0.6) is 0 Å². The van der Waals surface area contributed by atoms with Crippen molar-refractivity contribution in [2.45, 2.75) is 37.6 Å². The van der Waals surface area contributed by atoms with E-state index < -0.39 is 5.54 Å². The van der Waals surface area contributed by atoms with E-state index in [4.69, 9.17) is 23.2 Å². The minimum Gasteiger partial charge on any atom is -0.350 e. The molecule has 1 heterocycles. The fraction of sp³-hybridized carbons (Fsp3) is 0.353. The minimum absolute atomic E-state index is 0.158. The van der Waals surface area contributed by atoms with E-state index in [1.807, 2.05) is 22.6 Å². The lowest BCUT2D eigenvalue weighted by Crippen LogP contribution is -2.48. The second-order valence-corrected chi connectivity index (χ2v) is 7.23. The number of carbonyl (C=O) groups is 1. The van der Waals surface area contributed by atoms with Crippen molar-refractivity contribution in [3.8, 4) is 9.85 Å². The minimum atomic E-state index is -0.421. The van der Waals surface area contributed by atoms with E-state index >= 15 is 0 Å². The van der Waals surface area contributed by atoms with Gasteiger partial charge in [0.05, 0.1) is 5.02 Å². The summed E-state index contributed by atoms with van der Waals surface area (Å²) >= 11 is 14.2. The van der Waals surface area contributed by atoms with Crippen molar-refractivity contribution in [2.75, 3.05) is 0 Å². The van der Waals surface area contributed by atoms with Gasteiger partial charge in [0.2, 0.25) is 0 Å². The monoisotopic (exact) mass is 460 g/mol. The maximum absolute atomic E-state index is 12.7. The number of aromatic amines is 1. The molecule has 1 aliphatic carbocycles. The van der Waals surface area contributed by atoms with Crippen LogP contribution in [0, 0.1) is 9.85 Å². The van der Waals surface area contributed by atoms with Crippen molar-refractivity contribution in [3.05, 3.63) is 33.9 Å². The van der Waals surface area contributed by atoms with Crippen LogP contribution in [0.4, 0.5) is 0 Å². The fourth-order valence-electron chi connectivity index (χ4n) is 3.09. The number of benzene rings is 1. The summed E-state index contributed by atoms with van der Waals surface area (Å²) in [5.41, 5.74) is 0.810. The lowest BCUT2D eigenvalue weighted by molar-refractivity contribution is 0.0899. The van der Waals surface area contributed by atoms with Crippen molar-refractivity contribution in [1.29, 1.82) is 0 Å². The molecule has 0 saturated heterocycles. The van der Waals surface area contributed by atoms with Crippen molar-refractivity contribution in [3.63, 3.8) is 0 Å². The number of H-pyrrole nitrogens is 1. The van der Waals surface area contributed by atoms with Crippen LogP contribution in [0.1, 0.15) is 42.6 Å². The van der Waals surface area contributed by atoms with Gasteiger partial charge >= 0.3 is 0 Å². The molecule has 23 heavy (non-hydrogen) atoms. The third-order valence-corrected chi connectivity index (χ3v) is 5.04. The summed E-state index contributed by atoms with van der Waals surface area (Å²) < 4.78 is 2.93. The average molecular weight is 461 g/mol. The lowest BCUT2D eigenvalue weighted by atomic mass is 9.82. The fourth-order valence-corrected chi connectivity index (χ4v) is 4.16. The molecule has 6 heteroatoms. The number of halogens is 3. The SMILES string of the molecule is O=C(NC1(C#CI)CCCCC1)c1cc2c(Cl)cc(Cl)cc2[nH]1. The van der Waals surface area contributed by atoms with E-state index in [0.29, 0.717) is 15.7 Å². The highest BCUT2D eigenvalue weighted by Gasteiger charge is 2.32. The summed E-state index contributed by atoms with van der Waals surface area (Å²) in [5.74, 6) is 3.04. The predicted octanol–water partition coefficient (Wildman–Crippen LogP) is 5.30. The number of aromatic nitrogens is 1. The largest absolute Gasteiger partial charge is 0.350 e. The van der Waals surface area contributed by atoms with Crippen LogP contribution in [0.25, 0.3) is 10.9 Å². The molecule has 0 bridgehead atoms. The van der Waals surface area contributed by atoms with Crippen LogP contribution >= 0.6 is 45.8 Å². The van der Waals surface area contributed by atoms with Crippen molar-refractivity contribution < 1.29 is 4.79 Å². The standard InChI is InChI=1S/C17H15Cl2IN2O/c18-11-8-13(19)12-10-15(21-14(12)9-11)16(23)22-17(6-7-20)4-2-1-3-5-17/h8-10,21H,1-5H2,(H,22,23). The van der Waals surface area contributed by atoms with Gasteiger partial charge in [-0.3, -0.25) is 4.79 Å². The van der Waals surface area contributed by atoms with Gasteiger partial charge in [0.15, 0.2) is 0 Å². The molecule has 120 valence electrons. The number of nitrogens with one attached hydrogen (secondary N) is 2. The van der Waals surface area contributed by atoms with Gasteiger partial charge in [-0.05, 0) is 35.0 Å². The van der Waals surface area contributed by atoms with E-state index in [-0.39, 0.29) is 5.91 Å². The number of amides is 1. The Morgan fingerprint density at radius 3 is 2.65 bits per heavy atom. The van der Waals surface area contributed by atoms with Crippen LogP contribution in [0.2, 0.25) is 10.0 Å². The zero-order valence-electron chi connectivity index (χ0n) is 12.3. The van der Waals surface area contributed by atoms with Gasteiger partial charge in [-0.15, -0.1) is 0 Å². The van der Waals surface area contributed by atoms with Crippen molar-refractivity contribution >= 4 is 62.6 Å². The number of hydrogen-bond acceptors (Lipinski definition) is 1. The van der Waals surface area contributed by atoms with Gasteiger partial charge in [0.25, 0.3) is 5.91 Å². The Kier molecular flexibility index (Phi) is 5.10. The first kappa shape index (κ1) is 16.9. The summed E-state index contributed by atoms with van der Waals surface area (Å²) in [5, 5.41) is 4.98. The Morgan fingerprint density at radius 2 is 1.96 bits per heavy atom. The van der Waals surface area contributed by atoms with Crippen LogP contribution in [0.3, 0.4) is 0 Å². The van der Waals surface area contributed by atoms with Gasteiger partial charge in [0, 0.05) is 38.5 Å². The lowest BCUT2D eigenvalue weighted by Gasteiger charge is -2.33. The number of hydrogen-bond donors (Lipinski definition) is 2. The van der Waals surface area contributed by atoms with Crippen LogP contribution < -0.4 is 5.32 Å². The third kappa shape index (κ3) is 3.62. The van der Waals surface area contributed by atoms with Gasteiger partial charge in [-0.2, -0.15) is 0 Å². The number of rotatable bonds is 2. The molecule has 1 aromatic carbocycles. The second-order valence-electron chi connectivity index (χ2n) is 5.85. The highest BCUT2D eigenvalue weighted by Crippen LogP contribution is 2.30. The maximum atomic E-state index is 12.7. The van der Waals surface area contributed by atoms with E-state index in [1.54, 1.807) is 18.2 Å². The van der Waals surface area contributed by atoms with Gasteiger partial charge in [-0.25, -0.2) is 0 Å². The molecule has 2 N–H and O–H groups in total. The molecule has 0 radical (unpaired) electrons. The number of fused-ring (bicyclic) bond motifs is 1. The molecule has 1 saturated carbocycles.